The van der Waals surface area contributed by atoms with Gasteiger partial charge in [0.25, 0.3) is 0 Å². The number of ether oxygens (including phenoxy) is 2. The molecule has 10 heteroatoms. The molecule has 1 heterocycles. The highest BCUT2D eigenvalue weighted by Gasteiger charge is 2.46. The third kappa shape index (κ3) is 6.06. The smallest absolute Gasteiger partial charge is 0.187 e. The Morgan fingerprint density at radius 1 is 0.923 bits per heavy atom. The van der Waals surface area contributed by atoms with Crippen molar-refractivity contribution < 1.29 is 50.3 Å². The van der Waals surface area contributed by atoms with Gasteiger partial charge in [-0.05, 0) is 11.8 Å². The minimum atomic E-state index is -1.74. The Hall–Kier alpha value is -0.400. The molecule has 1 aliphatic rings. The van der Waals surface area contributed by atoms with Gasteiger partial charge >= 0.3 is 0 Å². The molecule has 1 aliphatic heterocycles. The Balaban J connectivity index is 2.93. The number of aliphatic hydroxyl groups excluding tert-OH is 8. The Morgan fingerprint density at radius 3 is 1.96 bits per heavy atom. The van der Waals surface area contributed by atoms with E-state index in [1.807, 2.05) is 20.8 Å². The van der Waals surface area contributed by atoms with Gasteiger partial charge in [-0.3, -0.25) is 0 Å². The third-order valence-electron chi connectivity index (χ3n) is 4.26. The number of aliphatic hydroxyl groups is 8. The van der Waals surface area contributed by atoms with Gasteiger partial charge in [0, 0.05) is 0 Å². The fraction of sp³-hybridized carbons (Fsp3) is 1.00. The molecule has 0 amide bonds. The minimum Gasteiger partial charge on any atom is -0.394 e. The first-order valence-electron chi connectivity index (χ1n) is 8.54. The van der Waals surface area contributed by atoms with Gasteiger partial charge in [-0.25, -0.2) is 0 Å². The number of hydrogen-bond acceptors (Lipinski definition) is 10. The van der Waals surface area contributed by atoms with Crippen molar-refractivity contribution in [1.82, 2.24) is 0 Å². The third-order valence-corrected chi connectivity index (χ3v) is 4.26. The molecule has 0 aliphatic carbocycles. The quantitative estimate of drug-likeness (QED) is 0.211. The van der Waals surface area contributed by atoms with Crippen molar-refractivity contribution >= 4 is 0 Å². The second-order valence-corrected chi connectivity index (χ2v) is 7.87. The average Bonchev–Trinajstić information content (AvgIpc) is 2.56. The molecule has 0 aromatic carbocycles. The number of rotatable bonds is 8. The van der Waals surface area contributed by atoms with E-state index in [0.717, 1.165) is 0 Å². The van der Waals surface area contributed by atoms with E-state index in [-0.39, 0.29) is 11.8 Å². The Labute approximate surface area is 152 Å². The summed E-state index contributed by atoms with van der Waals surface area (Å²) < 4.78 is 10.5. The molecular weight excluding hydrogens is 352 g/mol. The highest BCUT2D eigenvalue weighted by Crippen LogP contribution is 2.27. The van der Waals surface area contributed by atoms with E-state index in [0.29, 0.717) is 0 Å². The maximum atomic E-state index is 10.4. The monoisotopic (exact) mass is 384 g/mol. The van der Waals surface area contributed by atoms with Crippen molar-refractivity contribution in [2.24, 2.45) is 5.41 Å². The van der Waals surface area contributed by atoms with Crippen LogP contribution >= 0.6 is 0 Å². The largest absolute Gasteiger partial charge is 0.394 e. The molecule has 0 radical (unpaired) electrons. The normalized spacial score (nSPS) is 35.0. The van der Waals surface area contributed by atoms with Crippen molar-refractivity contribution in [1.29, 1.82) is 0 Å². The summed E-state index contributed by atoms with van der Waals surface area (Å²) in [6.45, 7) is 4.02. The first-order chi connectivity index (χ1) is 11.9. The molecule has 0 saturated carbocycles. The van der Waals surface area contributed by atoms with Gasteiger partial charge in [-0.15, -0.1) is 0 Å². The molecular formula is C16H32O10. The van der Waals surface area contributed by atoms with Crippen LogP contribution in [0.5, 0.6) is 0 Å². The van der Waals surface area contributed by atoms with Gasteiger partial charge in [0.15, 0.2) is 6.29 Å². The van der Waals surface area contributed by atoms with Gasteiger partial charge < -0.3 is 50.3 Å². The molecule has 9 atom stereocenters. The fourth-order valence-electron chi connectivity index (χ4n) is 2.80. The zero-order valence-corrected chi connectivity index (χ0v) is 15.2. The van der Waals surface area contributed by atoms with Gasteiger partial charge in [-0.2, -0.15) is 0 Å². The second kappa shape index (κ2) is 9.69. The molecule has 0 bridgehead atoms. The Kier molecular flexibility index (Phi) is 8.81. The van der Waals surface area contributed by atoms with Gasteiger partial charge in [0.05, 0.1) is 19.3 Å². The van der Waals surface area contributed by atoms with E-state index in [4.69, 9.17) is 9.47 Å². The van der Waals surface area contributed by atoms with E-state index in [1.54, 1.807) is 0 Å². The molecule has 1 rings (SSSR count). The lowest BCUT2D eigenvalue weighted by Crippen LogP contribution is -2.61. The maximum absolute atomic E-state index is 10.4. The van der Waals surface area contributed by atoms with Crippen LogP contribution in [0.1, 0.15) is 27.2 Å². The zero-order valence-electron chi connectivity index (χ0n) is 15.2. The molecule has 1 saturated heterocycles. The van der Waals surface area contributed by atoms with Crippen molar-refractivity contribution in [3.05, 3.63) is 0 Å². The molecule has 10 nitrogen and oxygen atoms in total. The van der Waals surface area contributed by atoms with Crippen molar-refractivity contribution in [2.45, 2.75) is 82.3 Å². The summed E-state index contributed by atoms with van der Waals surface area (Å²) in [6, 6.07) is 0. The molecule has 1 fully saturated rings. The van der Waals surface area contributed by atoms with Gasteiger partial charge in [0.2, 0.25) is 0 Å². The molecule has 0 spiro atoms. The standard InChI is InChI=1S/C16H32O10/c1-16(2,3)4-7(19)10(21)14(8(20)5-17)26-15-13(24)12(23)11(22)9(6-18)25-15/h7-15,17-24H,4-6H2,1-3H3/t7?,8?,9?,10?,11-,12+,13?,14?,15+/m1/s1. The van der Waals surface area contributed by atoms with E-state index in [9.17, 15) is 40.9 Å². The predicted molar refractivity (Wildman–Crippen MR) is 87.8 cm³/mol. The van der Waals surface area contributed by atoms with E-state index in [2.05, 4.69) is 0 Å². The summed E-state index contributed by atoms with van der Waals surface area (Å²) in [7, 11) is 0. The van der Waals surface area contributed by atoms with Crippen LogP contribution in [0, 0.1) is 5.41 Å². The van der Waals surface area contributed by atoms with Crippen molar-refractivity contribution in [2.75, 3.05) is 13.2 Å². The molecule has 156 valence electrons. The molecule has 0 aromatic heterocycles. The summed E-state index contributed by atoms with van der Waals surface area (Å²) in [6.07, 6.45) is -13.9. The van der Waals surface area contributed by atoms with Gasteiger partial charge in [0.1, 0.15) is 42.7 Å². The van der Waals surface area contributed by atoms with Crippen LogP contribution in [0.2, 0.25) is 0 Å². The van der Waals surface area contributed by atoms with Gasteiger partial charge in [-0.1, -0.05) is 20.8 Å². The SMILES string of the molecule is CC(C)(C)CC(O)C(O)C(O[C@@H]1OC(CO)[C@@H](O)[C@H](O)C1O)C(O)CO. The zero-order chi connectivity index (χ0) is 20.2. The maximum Gasteiger partial charge on any atom is 0.187 e. The van der Waals surface area contributed by atoms with Crippen LogP contribution < -0.4 is 0 Å². The van der Waals surface area contributed by atoms with E-state index >= 15 is 0 Å². The highest BCUT2D eigenvalue weighted by molar-refractivity contribution is 4.91. The minimum absolute atomic E-state index is 0.154. The lowest BCUT2D eigenvalue weighted by molar-refractivity contribution is -0.327. The van der Waals surface area contributed by atoms with Crippen LogP contribution in [0.3, 0.4) is 0 Å². The summed E-state index contributed by atoms with van der Waals surface area (Å²) in [5.41, 5.74) is -0.349. The summed E-state index contributed by atoms with van der Waals surface area (Å²) in [5.74, 6) is 0. The molecule has 26 heavy (non-hydrogen) atoms. The molecule has 0 aromatic rings. The molecule has 6 unspecified atom stereocenters. The predicted octanol–water partition coefficient (Wildman–Crippen LogP) is -3.32. The summed E-state index contributed by atoms with van der Waals surface area (Å²) >= 11 is 0. The topological polar surface area (TPSA) is 180 Å². The van der Waals surface area contributed by atoms with Crippen molar-refractivity contribution in [3.8, 4) is 0 Å². The number of hydrogen-bond donors (Lipinski definition) is 8. The van der Waals surface area contributed by atoms with Crippen molar-refractivity contribution in [3.63, 3.8) is 0 Å². The van der Waals surface area contributed by atoms with Crippen LogP contribution in [0.25, 0.3) is 0 Å². The second-order valence-electron chi connectivity index (χ2n) is 7.87. The van der Waals surface area contributed by atoms with Crippen LogP contribution in [0.4, 0.5) is 0 Å². The Morgan fingerprint density at radius 2 is 1.50 bits per heavy atom. The Bertz CT molecular complexity index is 412. The first-order valence-corrected chi connectivity index (χ1v) is 8.54. The summed E-state index contributed by atoms with van der Waals surface area (Å²) in [5, 5.41) is 78.4. The summed E-state index contributed by atoms with van der Waals surface area (Å²) in [4.78, 5) is 0. The van der Waals surface area contributed by atoms with Crippen LogP contribution in [0.15, 0.2) is 0 Å². The highest BCUT2D eigenvalue weighted by atomic mass is 16.7. The molecule has 8 N–H and O–H groups in total. The average molecular weight is 384 g/mol. The first kappa shape index (κ1) is 23.6. The fourth-order valence-corrected chi connectivity index (χ4v) is 2.80. The van der Waals surface area contributed by atoms with E-state index < -0.39 is 68.3 Å². The lowest BCUT2D eigenvalue weighted by atomic mass is 9.86. The lowest BCUT2D eigenvalue weighted by Gasteiger charge is -2.42. The van der Waals surface area contributed by atoms with E-state index in [1.165, 1.54) is 0 Å². The van der Waals surface area contributed by atoms with Crippen LogP contribution in [-0.2, 0) is 9.47 Å². The van der Waals surface area contributed by atoms with Crippen LogP contribution in [-0.4, -0.2) is 109 Å².